The van der Waals surface area contributed by atoms with Crippen molar-refractivity contribution in [3.8, 4) is 5.75 Å². The molecule has 0 saturated carbocycles. The van der Waals surface area contributed by atoms with Crippen molar-refractivity contribution in [1.29, 1.82) is 0 Å². The third kappa shape index (κ3) is 7.67. The molecule has 0 fully saturated rings. The Morgan fingerprint density at radius 1 is 0.944 bits per heavy atom. The zero-order chi connectivity index (χ0) is 26.1. The molecule has 0 aliphatic rings. The van der Waals surface area contributed by atoms with Crippen molar-refractivity contribution < 1.29 is 18.7 Å². The topological polar surface area (TPSA) is 58.6 Å². The van der Waals surface area contributed by atoms with Gasteiger partial charge in [-0.2, -0.15) is 0 Å². The summed E-state index contributed by atoms with van der Waals surface area (Å²) in [5.74, 6) is -0.311. The predicted octanol–water partition coefficient (Wildman–Crippen LogP) is 5.38. The van der Waals surface area contributed by atoms with Gasteiger partial charge in [-0.25, -0.2) is 4.39 Å². The van der Waals surface area contributed by atoms with Crippen molar-refractivity contribution in [2.45, 2.75) is 59.2 Å². The van der Waals surface area contributed by atoms with Gasteiger partial charge in [0.1, 0.15) is 17.6 Å². The van der Waals surface area contributed by atoms with Crippen LogP contribution in [0.2, 0.25) is 0 Å². The summed E-state index contributed by atoms with van der Waals surface area (Å²) in [6.45, 7) is 7.87. The fourth-order valence-electron chi connectivity index (χ4n) is 3.81. The normalized spacial score (nSPS) is 12.5. The Bertz CT molecular complexity index is 1150. The number of ether oxygens (including phenoxy) is 1. The summed E-state index contributed by atoms with van der Waals surface area (Å²) in [5.41, 5.74) is 3.87. The molecule has 0 aromatic heterocycles. The van der Waals surface area contributed by atoms with Crippen molar-refractivity contribution in [1.82, 2.24) is 10.2 Å². The number of nitrogens with zero attached hydrogens (tertiary/aromatic N) is 1. The minimum atomic E-state index is -0.762. The molecule has 0 bridgehead atoms. The third-order valence-electron chi connectivity index (χ3n) is 6.38. The van der Waals surface area contributed by atoms with Gasteiger partial charge in [-0.15, -0.1) is 0 Å². The first kappa shape index (κ1) is 26.9. The Hall–Kier alpha value is -3.67. The number of halogens is 1. The van der Waals surface area contributed by atoms with Crippen LogP contribution in [-0.4, -0.2) is 35.4 Å². The summed E-state index contributed by atoms with van der Waals surface area (Å²) in [5, 5.41) is 3.03. The molecule has 2 amide bonds. The van der Waals surface area contributed by atoms with Gasteiger partial charge in [-0.3, -0.25) is 9.59 Å². The SMILES string of the molecule is CC[C@@H](C)NC(=O)[C@H](Cc1ccccc1)N(Cc1ccc(F)cc1)C(=O)COc1ccc(C)c(C)c1. The smallest absolute Gasteiger partial charge is 0.261 e. The molecule has 0 saturated heterocycles. The van der Waals surface area contributed by atoms with Gasteiger partial charge in [0.2, 0.25) is 5.91 Å². The lowest BCUT2D eigenvalue weighted by atomic mass is 10.0. The Morgan fingerprint density at radius 3 is 2.28 bits per heavy atom. The zero-order valence-electron chi connectivity index (χ0n) is 21.5. The van der Waals surface area contributed by atoms with Crippen molar-refractivity contribution in [3.05, 3.63) is 101 Å². The summed E-state index contributed by atoms with van der Waals surface area (Å²) < 4.78 is 19.4. The molecular weight excluding hydrogens is 455 g/mol. The van der Waals surface area contributed by atoms with E-state index in [0.717, 1.165) is 28.7 Å². The van der Waals surface area contributed by atoms with Crippen LogP contribution in [0.25, 0.3) is 0 Å². The van der Waals surface area contributed by atoms with Gasteiger partial charge in [0.05, 0.1) is 0 Å². The molecule has 3 rings (SSSR count). The maximum atomic E-state index is 13.6. The molecule has 0 aliphatic carbocycles. The van der Waals surface area contributed by atoms with E-state index in [-0.39, 0.29) is 36.8 Å². The molecule has 0 aliphatic heterocycles. The molecule has 3 aromatic rings. The molecule has 36 heavy (non-hydrogen) atoms. The number of amides is 2. The van der Waals surface area contributed by atoms with Crippen LogP contribution in [0.5, 0.6) is 5.75 Å². The molecule has 5 nitrogen and oxygen atoms in total. The van der Waals surface area contributed by atoms with Crippen molar-refractivity contribution >= 4 is 11.8 Å². The minimum Gasteiger partial charge on any atom is -0.484 e. The van der Waals surface area contributed by atoms with E-state index < -0.39 is 6.04 Å². The van der Waals surface area contributed by atoms with Crippen LogP contribution >= 0.6 is 0 Å². The van der Waals surface area contributed by atoms with E-state index in [2.05, 4.69) is 5.32 Å². The molecule has 2 atom stereocenters. The number of rotatable bonds is 11. The first-order valence-corrected chi connectivity index (χ1v) is 12.3. The molecule has 0 radical (unpaired) electrons. The fraction of sp³-hybridized carbons (Fsp3) is 0.333. The van der Waals surface area contributed by atoms with Crippen LogP contribution in [0.1, 0.15) is 42.5 Å². The van der Waals surface area contributed by atoms with Gasteiger partial charge in [0.15, 0.2) is 6.61 Å². The van der Waals surface area contributed by atoms with Gasteiger partial charge < -0.3 is 15.0 Å². The number of aryl methyl sites for hydroxylation is 2. The van der Waals surface area contributed by atoms with Crippen LogP contribution in [0, 0.1) is 19.7 Å². The molecule has 190 valence electrons. The lowest BCUT2D eigenvalue weighted by Crippen LogP contribution is -2.53. The van der Waals surface area contributed by atoms with Gasteiger partial charge in [-0.1, -0.05) is 55.5 Å². The number of benzene rings is 3. The highest BCUT2D eigenvalue weighted by molar-refractivity contribution is 5.88. The lowest BCUT2D eigenvalue weighted by Gasteiger charge is -2.32. The van der Waals surface area contributed by atoms with Crippen LogP contribution < -0.4 is 10.1 Å². The quantitative estimate of drug-likeness (QED) is 0.393. The highest BCUT2D eigenvalue weighted by Crippen LogP contribution is 2.19. The van der Waals surface area contributed by atoms with Crippen molar-refractivity contribution in [2.75, 3.05) is 6.61 Å². The van der Waals surface area contributed by atoms with Gasteiger partial charge in [-0.05, 0) is 73.7 Å². The van der Waals surface area contributed by atoms with E-state index in [1.165, 1.54) is 12.1 Å². The number of hydrogen-bond donors (Lipinski definition) is 1. The van der Waals surface area contributed by atoms with Crippen LogP contribution in [0.3, 0.4) is 0 Å². The first-order valence-electron chi connectivity index (χ1n) is 12.3. The monoisotopic (exact) mass is 490 g/mol. The average molecular weight is 491 g/mol. The Balaban J connectivity index is 1.90. The summed E-state index contributed by atoms with van der Waals surface area (Å²) in [4.78, 5) is 28.6. The minimum absolute atomic E-state index is 0.0367. The second-order valence-electron chi connectivity index (χ2n) is 9.21. The highest BCUT2D eigenvalue weighted by Gasteiger charge is 2.31. The maximum Gasteiger partial charge on any atom is 0.261 e. The summed E-state index contributed by atoms with van der Waals surface area (Å²) in [6, 6.07) is 20.5. The van der Waals surface area contributed by atoms with Crippen LogP contribution in [0.4, 0.5) is 4.39 Å². The predicted molar refractivity (Wildman–Crippen MR) is 140 cm³/mol. The van der Waals surface area contributed by atoms with E-state index in [9.17, 15) is 14.0 Å². The maximum absolute atomic E-state index is 13.6. The van der Waals surface area contributed by atoms with E-state index >= 15 is 0 Å². The van der Waals surface area contributed by atoms with Gasteiger partial charge >= 0.3 is 0 Å². The second-order valence-corrected chi connectivity index (χ2v) is 9.21. The number of nitrogens with one attached hydrogen (secondary N) is 1. The average Bonchev–Trinajstić information content (AvgIpc) is 2.88. The van der Waals surface area contributed by atoms with Crippen LogP contribution in [0.15, 0.2) is 72.8 Å². The number of carbonyl (C=O) groups excluding carboxylic acids is 2. The van der Waals surface area contributed by atoms with Crippen molar-refractivity contribution in [3.63, 3.8) is 0 Å². The number of hydrogen-bond acceptors (Lipinski definition) is 3. The van der Waals surface area contributed by atoms with Gasteiger partial charge in [0.25, 0.3) is 5.91 Å². The van der Waals surface area contributed by atoms with Gasteiger partial charge in [0, 0.05) is 19.0 Å². The zero-order valence-corrected chi connectivity index (χ0v) is 21.5. The molecular formula is C30H35FN2O3. The fourth-order valence-corrected chi connectivity index (χ4v) is 3.81. The molecule has 0 heterocycles. The van der Waals surface area contributed by atoms with E-state index in [1.54, 1.807) is 17.0 Å². The van der Waals surface area contributed by atoms with E-state index in [4.69, 9.17) is 4.74 Å². The molecule has 0 spiro atoms. The summed E-state index contributed by atoms with van der Waals surface area (Å²) in [6.07, 6.45) is 1.12. The first-order chi connectivity index (χ1) is 17.3. The molecule has 0 unspecified atom stereocenters. The molecule has 1 N–H and O–H groups in total. The summed E-state index contributed by atoms with van der Waals surface area (Å²) >= 11 is 0. The van der Waals surface area contributed by atoms with Crippen LogP contribution in [-0.2, 0) is 22.6 Å². The summed E-state index contributed by atoms with van der Waals surface area (Å²) in [7, 11) is 0. The third-order valence-corrected chi connectivity index (χ3v) is 6.38. The Kier molecular flexibility index (Phi) is 9.62. The Labute approximate surface area is 213 Å². The lowest BCUT2D eigenvalue weighted by molar-refractivity contribution is -0.143. The Morgan fingerprint density at radius 2 is 1.64 bits per heavy atom. The van der Waals surface area contributed by atoms with E-state index in [0.29, 0.717) is 12.2 Å². The molecule has 3 aromatic carbocycles. The van der Waals surface area contributed by atoms with E-state index in [1.807, 2.05) is 76.2 Å². The molecule has 6 heteroatoms. The number of carbonyl (C=O) groups is 2. The second kappa shape index (κ2) is 12.9. The van der Waals surface area contributed by atoms with Crippen molar-refractivity contribution in [2.24, 2.45) is 0 Å². The largest absolute Gasteiger partial charge is 0.484 e. The highest BCUT2D eigenvalue weighted by atomic mass is 19.1. The standard InChI is InChI=1S/C30H35FN2O3/c1-5-23(4)32-30(35)28(18-24-9-7-6-8-10-24)33(19-25-12-14-26(31)15-13-25)29(34)20-36-27-16-11-21(2)22(3)17-27/h6-17,23,28H,5,18-20H2,1-4H3,(H,32,35)/t23-,28+/m1/s1.